The third-order valence-corrected chi connectivity index (χ3v) is 14.7. The van der Waals surface area contributed by atoms with Gasteiger partial charge < -0.3 is 24.6 Å². The number of aliphatic hydroxyl groups is 1. The normalized spacial score (nSPS) is 24.8. The molecule has 2 amide bonds. The van der Waals surface area contributed by atoms with Gasteiger partial charge in [0, 0.05) is 13.7 Å². The molecular formula is C30H58N4O8S4. The summed E-state index contributed by atoms with van der Waals surface area (Å²) in [5, 5.41) is 16.6. The fraction of sp³-hybridized carbons (Fsp3) is 0.900. The molecule has 1 fully saturated rings. The Morgan fingerprint density at radius 2 is 1.50 bits per heavy atom. The molecule has 0 aromatic carbocycles. The van der Waals surface area contributed by atoms with Crippen molar-refractivity contribution in [3.63, 3.8) is 0 Å². The molecule has 12 nitrogen and oxygen atoms in total. The minimum atomic E-state index is -1.75. The molecule has 1 rings (SSSR count). The highest BCUT2D eigenvalue weighted by Crippen LogP contribution is 2.47. The van der Waals surface area contributed by atoms with Crippen LogP contribution in [0.25, 0.3) is 0 Å². The molecule has 1 aliphatic rings. The van der Waals surface area contributed by atoms with Gasteiger partial charge in [-0.05, 0) is 97.3 Å². The second-order valence-corrected chi connectivity index (χ2v) is 18.7. The minimum Gasteiger partial charge on any atom is -0.444 e. The second-order valence-electron chi connectivity index (χ2n) is 13.5. The number of hydrogen-bond donors (Lipinski definition) is 4. The predicted octanol–water partition coefficient (Wildman–Crippen LogP) is 5.52. The number of carbonyl (C=O) groups excluding carboxylic acids is 2. The molecule has 1 saturated carbocycles. The zero-order valence-electron chi connectivity index (χ0n) is 29.8. The maximum absolute atomic E-state index is 13.4. The van der Waals surface area contributed by atoms with Crippen LogP contribution in [0.15, 0.2) is 4.99 Å². The van der Waals surface area contributed by atoms with E-state index >= 15 is 0 Å². The molecule has 8 atom stereocenters. The number of aliphatic hydroxyl groups excluding tert-OH is 1. The highest BCUT2D eigenvalue weighted by Gasteiger charge is 2.43. The first-order valence-corrected chi connectivity index (χ1v) is 20.3. The third kappa shape index (κ3) is 13.9. The molecule has 0 aromatic heterocycles. The van der Waals surface area contributed by atoms with E-state index in [0.29, 0.717) is 12.8 Å². The third-order valence-electron chi connectivity index (χ3n) is 7.71. The Morgan fingerprint density at radius 3 is 2.00 bits per heavy atom. The Bertz CT molecular complexity index is 1010. The number of amides is 2. The summed E-state index contributed by atoms with van der Waals surface area (Å²) in [6, 6.07) is -0.649. The summed E-state index contributed by atoms with van der Waals surface area (Å²) in [5.41, 5.74) is 1.13. The van der Waals surface area contributed by atoms with Gasteiger partial charge in [0.25, 0.3) is 0 Å². The van der Waals surface area contributed by atoms with Crippen molar-refractivity contribution in [1.82, 2.24) is 16.1 Å². The van der Waals surface area contributed by atoms with Crippen LogP contribution in [0, 0.1) is 17.8 Å². The summed E-state index contributed by atoms with van der Waals surface area (Å²) in [6.07, 6.45) is 5.06. The maximum Gasteiger partial charge on any atom is 0.414 e. The Kier molecular flexibility index (Phi) is 18.1. The number of ether oxygens (including phenoxy) is 3. The van der Waals surface area contributed by atoms with Gasteiger partial charge in [-0.25, -0.2) is 19.3 Å². The molecule has 46 heavy (non-hydrogen) atoms. The Balaban J connectivity index is 3.11. The molecule has 0 radical (unpaired) electrons. The summed E-state index contributed by atoms with van der Waals surface area (Å²) in [5.74, 6) is 0.263. The molecule has 1 aliphatic carbocycles. The lowest BCUT2D eigenvalue weighted by molar-refractivity contribution is -0.00865. The molecule has 16 heteroatoms. The number of thioether (sulfide) groups is 3. The lowest BCUT2D eigenvalue weighted by Gasteiger charge is -2.41. The van der Waals surface area contributed by atoms with E-state index in [1.165, 1.54) is 35.3 Å². The van der Waals surface area contributed by atoms with Crippen LogP contribution < -0.4 is 16.1 Å². The summed E-state index contributed by atoms with van der Waals surface area (Å²) in [4.78, 5) is 29.8. The van der Waals surface area contributed by atoms with Crippen LogP contribution in [0.5, 0.6) is 0 Å². The Labute approximate surface area is 291 Å². The summed E-state index contributed by atoms with van der Waals surface area (Å²) in [7, 11) is 1.70. The van der Waals surface area contributed by atoms with Gasteiger partial charge in [0.2, 0.25) is 5.96 Å². The summed E-state index contributed by atoms with van der Waals surface area (Å²) < 4.78 is 34.8. The van der Waals surface area contributed by atoms with E-state index in [0.717, 1.165) is 6.42 Å². The van der Waals surface area contributed by atoms with Gasteiger partial charge in [-0.15, -0.1) is 35.3 Å². The van der Waals surface area contributed by atoms with Crippen molar-refractivity contribution in [3.8, 4) is 0 Å². The Morgan fingerprint density at radius 1 is 0.957 bits per heavy atom. The lowest BCUT2D eigenvalue weighted by Crippen LogP contribution is -2.52. The number of aliphatic imine (C=N–C) groups is 1. The topological polar surface area (TPSA) is 157 Å². The zero-order valence-corrected chi connectivity index (χ0v) is 33.0. The van der Waals surface area contributed by atoms with Crippen LogP contribution in [-0.4, -0.2) is 98.0 Å². The summed E-state index contributed by atoms with van der Waals surface area (Å²) >= 11 is 2.76. The van der Waals surface area contributed by atoms with Crippen LogP contribution in [0.4, 0.5) is 9.59 Å². The fourth-order valence-corrected chi connectivity index (χ4v) is 9.89. The van der Waals surface area contributed by atoms with E-state index in [-0.39, 0.29) is 41.6 Å². The van der Waals surface area contributed by atoms with Crippen LogP contribution >= 0.6 is 35.3 Å². The fourth-order valence-electron chi connectivity index (χ4n) is 5.31. The second kappa shape index (κ2) is 19.3. The van der Waals surface area contributed by atoms with E-state index in [4.69, 9.17) is 18.5 Å². The largest absolute Gasteiger partial charge is 0.444 e. The summed E-state index contributed by atoms with van der Waals surface area (Å²) in [6.45, 7) is 16.9. The lowest BCUT2D eigenvalue weighted by atomic mass is 9.74. The zero-order chi connectivity index (χ0) is 35.5. The number of alkyl carbamates (subject to hydrolysis) is 2. The van der Waals surface area contributed by atoms with E-state index < -0.39 is 50.0 Å². The first kappa shape index (κ1) is 43.1. The molecule has 0 aliphatic heterocycles. The highest BCUT2D eigenvalue weighted by atomic mass is 32.3. The van der Waals surface area contributed by atoms with Crippen molar-refractivity contribution < 1.29 is 37.4 Å². The van der Waals surface area contributed by atoms with Crippen LogP contribution in [0.2, 0.25) is 0 Å². The number of carbonyl (C=O) groups is 2. The number of methoxy groups -OCH3 is 1. The van der Waals surface area contributed by atoms with E-state index in [9.17, 15) is 18.9 Å². The molecule has 0 heterocycles. The van der Waals surface area contributed by atoms with Crippen molar-refractivity contribution >= 4 is 64.5 Å². The molecule has 0 spiro atoms. The van der Waals surface area contributed by atoms with Gasteiger partial charge in [0.15, 0.2) is 11.1 Å². The van der Waals surface area contributed by atoms with Gasteiger partial charge >= 0.3 is 12.2 Å². The van der Waals surface area contributed by atoms with Gasteiger partial charge in [-0.2, -0.15) is 4.28 Å². The van der Waals surface area contributed by atoms with Gasteiger partial charge in [0.1, 0.15) is 20.7 Å². The molecule has 4 N–H and O–H groups in total. The smallest absolute Gasteiger partial charge is 0.414 e. The van der Waals surface area contributed by atoms with E-state index in [1.54, 1.807) is 48.7 Å². The molecule has 8 unspecified atom stereocenters. The number of hydrogen-bond acceptors (Lipinski definition) is 12. The van der Waals surface area contributed by atoms with Gasteiger partial charge in [-0.1, -0.05) is 20.8 Å². The van der Waals surface area contributed by atoms with Crippen molar-refractivity contribution in [2.45, 2.75) is 120 Å². The average molecular weight is 731 g/mol. The van der Waals surface area contributed by atoms with Crippen molar-refractivity contribution in [1.29, 1.82) is 0 Å². The van der Waals surface area contributed by atoms with Crippen molar-refractivity contribution in [2.24, 2.45) is 22.7 Å². The van der Waals surface area contributed by atoms with Crippen LogP contribution in [0.3, 0.4) is 0 Å². The predicted molar refractivity (Wildman–Crippen MR) is 192 cm³/mol. The van der Waals surface area contributed by atoms with E-state index in [1.807, 2.05) is 32.6 Å². The Hall–Kier alpha value is -0.910. The monoisotopic (exact) mass is 730 g/mol. The number of nitrogens with zero attached hydrogens (tertiary/aromatic N) is 1. The number of guanidine groups is 1. The van der Waals surface area contributed by atoms with Gasteiger partial charge in [0.05, 0.1) is 17.4 Å². The van der Waals surface area contributed by atoms with E-state index in [2.05, 4.69) is 28.0 Å². The van der Waals surface area contributed by atoms with Crippen LogP contribution in [-0.2, 0) is 29.6 Å². The maximum atomic E-state index is 13.4. The number of nitrogens with one attached hydrogen (secondary N) is 3. The SMILES string of the molecule is COC1CC(C)C(S(=O)ONC(=NCCCC(NC(=O)OC(C)(C)C)C(O)C(SC)(SC)SC)NC(=O)OC(C)(C)C)C(C)C1C. The van der Waals surface area contributed by atoms with Gasteiger partial charge in [-0.3, -0.25) is 10.3 Å². The quantitative estimate of drug-likeness (QED) is 0.0584. The first-order valence-electron chi connectivity index (χ1n) is 15.5. The van der Waals surface area contributed by atoms with Crippen molar-refractivity contribution in [2.75, 3.05) is 32.4 Å². The average Bonchev–Trinajstić information content (AvgIpc) is 2.94. The first-order chi connectivity index (χ1) is 21.2. The van der Waals surface area contributed by atoms with Crippen molar-refractivity contribution in [3.05, 3.63) is 0 Å². The standard InChI is InChI=1S/C30H58N4O8S4/c1-18-17-22(39-10)19(2)20(3)23(18)46(38)42-34-25(33-27(37)41-29(7,8)9)31-16-14-15-21(32-26(36)40-28(4,5)6)24(35)30(43-11,44-12)45-13/h18-24,35H,14-17H2,1-13H3,(H,32,36)(H2,31,33,34,37). The molecule has 0 bridgehead atoms. The van der Waals surface area contributed by atoms with Crippen LogP contribution in [0.1, 0.15) is 81.6 Å². The number of hydroxylamine groups is 1. The minimum absolute atomic E-state index is 0.0624. The molecule has 270 valence electrons. The highest BCUT2D eigenvalue weighted by molar-refractivity contribution is 8.33. The molecular weight excluding hydrogens is 673 g/mol. The number of rotatable bonds is 14. The molecule has 0 saturated heterocycles. The molecule has 0 aromatic rings.